The molecule has 1 N–H and O–H groups in total. The summed E-state index contributed by atoms with van der Waals surface area (Å²) in [4.78, 5) is 4.29. The van der Waals surface area contributed by atoms with Crippen molar-refractivity contribution in [3.63, 3.8) is 0 Å². The van der Waals surface area contributed by atoms with Crippen molar-refractivity contribution in [3.8, 4) is 0 Å². The molecule has 0 aliphatic rings. The fourth-order valence-electron chi connectivity index (χ4n) is 2.13. The third-order valence-electron chi connectivity index (χ3n) is 3.26. The van der Waals surface area contributed by atoms with Crippen LogP contribution in [0.15, 0.2) is 65.8 Å². The molecule has 0 fully saturated rings. The molecule has 0 bridgehead atoms. The maximum atomic E-state index is 12.4. The number of pyridine rings is 1. The van der Waals surface area contributed by atoms with E-state index in [0.29, 0.717) is 5.69 Å². The van der Waals surface area contributed by atoms with Crippen molar-refractivity contribution in [2.24, 2.45) is 0 Å². The topological polar surface area (TPSA) is 59.1 Å². The molecule has 0 spiro atoms. The molecule has 21 heavy (non-hydrogen) atoms. The number of anilines is 1. The standard InChI is InChI=1S/C16H14N2O2S/c1-12-5-7-14(8-6-12)21(19,20)18-16-4-2-3-13-11-17-10-9-15(13)16/h2-11,18H,1H3. The van der Waals surface area contributed by atoms with Crippen LogP contribution in [0.4, 0.5) is 5.69 Å². The van der Waals surface area contributed by atoms with Gasteiger partial charge in [-0.1, -0.05) is 29.8 Å². The van der Waals surface area contributed by atoms with Gasteiger partial charge >= 0.3 is 0 Å². The van der Waals surface area contributed by atoms with Gasteiger partial charge in [-0.3, -0.25) is 9.71 Å². The van der Waals surface area contributed by atoms with E-state index in [4.69, 9.17) is 0 Å². The van der Waals surface area contributed by atoms with Crippen LogP contribution in [-0.2, 0) is 10.0 Å². The Bertz CT molecular complexity index is 882. The van der Waals surface area contributed by atoms with Gasteiger partial charge in [0.25, 0.3) is 10.0 Å². The highest BCUT2D eigenvalue weighted by Gasteiger charge is 2.15. The number of sulfonamides is 1. The van der Waals surface area contributed by atoms with Gasteiger partial charge in [0, 0.05) is 23.2 Å². The van der Waals surface area contributed by atoms with Gasteiger partial charge in [0.1, 0.15) is 0 Å². The molecular formula is C16H14N2O2S. The minimum Gasteiger partial charge on any atom is -0.279 e. The summed E-state index contributed by atoms with van der Waals surface area (Å²) in [6.45, 7) is 1.92. The second-order valence-corrected chi connectivity index (χ2v) is 6.50. The van der Waals surface area contributed by atoms with Crippen LogP contribution in [0.1, 0.15) is 5.56 Å². The van der Waals surface area contributed by atoms with E-state index in [9.17, 15) is 8.42 Å². The molecule has 0 amide bonds. The van der Waals surface area contributed by atoms with Crippen molar-refractivity contribution in [3.05, 3.63) is 66.5 Å². The Balaban J connectivity index is 2.03. The third kappa shape index (κ3) is 2.73. The van der Waals surface area contributed by atoms with Gasteiger partial charge in [-0.25, -0.2) is 8.42 Å². The highest BCUT2D eigenvalue weighted by Crippen LogP contribution is 2.25. The fourth-order valence-corrected chi connectivity index (χ4v) is 3.21. The second-order valence-electron chi connectivity index (χ2n) is 4.82. The number of aromatic nitrogens is 1. The molecule has 4 nitrogen and oxygen atoms in total. The molecule has 5 heteroatoms. The Labute approximate surface area is 123 Å². The van der Waals surface area contributed by atoms with Crippen molar-refractivity contribution in [1.82, 2.24) is 4.98 Å². The van der Waals surface area contributed by atoms with Gasteiger partial charge in [0.2, 0.25) is 0 Å². The number of hydrogen-bond acceptors (Lipinski definition) is 3. The van der Waals surface area contributed by atoms with E-state index < -0.39 is 10.0 Å². The Kier molecular flexibility index (Phi) is 3.35. The molecule has 0 saturated heterocycles. The average Bonchev–Trinajstić information content (AvgIpc) is 2.48. The molecule has 106 valence electrons. The molecule has 0 saturated carbocycles. The number of nitrogens with one attached hydrogen (secondary N) is 1. The van der Waals surface area contributed by atoms with E-state index in [2.05, 4.69) is 9.71 Å². The Morgan fingerprint density at radius 1 is 1.00 bits per heavy atom. The van der Waals surface area contributed by atoms with Gasteiger partial charge in [-0.05, 0) is 31.2 Å². The molecule has 0 atom stereocenters. The monoisotopic (exact) mass is 298 g/mol. The third-order valence-corrected chi connectivity index (χ3v) is 4.64. The van der Waals surface area contributed by atoms with E-state index in [1.807, 2.05) is 13.0 Å². The van der Waals surface area contributed by atoms with Crippen LogP contribution in [0.25, 0.3) is 10.8 Å². The van der Waals surface area contributed by atoms with Crippen LogP contribution in [0.2, 0.25) is 0 Å². The van der Waals surface area contributed by atoms with Crippen LogP contribution in [0, 0.1) is 6.92 Å². The highest BCUT2D eigenvalue weighted by molar-refractivity contribution is 7.92. The van der Waals surface area contributed by atoms with Crippen molar-refractivity contribution in [1.29, 1.82) is 0 Å². The molecule has 1 aromatic heterocycles. The van der Waals surface area contributed by atoms with Crippen LogP contribution >= 0.6 is 0 Å². The SMILES string of the molecule is Cc1ccc(S(=O)(=O)Nc2cccc3cnccc23)cc1. The summed E-state index contributed by atoms with van der Waals surface area (Å²) in [5.41, 5.74) is 1.57. The number of benzene rings is 2. The molecule has 0 unspecified atom stereocenters. The summed E-state index contributed by atoms with van der Waals surface area (Å²) in [7, 11) is -3.59. The predicted molar refractivity (Wildman–Crippen MR) is 83.7 cm³/mol. The lowest BCUT2D eigenvalue weighted by Crippen LogP contribution is -2.13. The largest absolute Gasteiger partial charge is 0.279 e. The van der Waals surface area contributed by atoms with Crippen molar-refractivity contribution in [2.45, 2.75) is 11.8 Å². The van der Waals surface area contributed by atoms with Gasteiger partial charge < -0.3 is 0 Å². The second kappa shape index (κ2) is 5.18. The molecule has 3 rings (SSSR count). The zero-order valence-corrected chi connectivity index (χ0v) is 12.3. The van der Waals surface area contributed by atoms with Crippen LogP contribution in [-0.4, -0.2) is 13.4 Å². The molecule has 0 radical (unpaired) electrons. The summed E-state index contributed by atoms with van der Waals surface area (Å²) in [5.74, 6) is 0. The van der Waals surface area contributed by atoms with Crippen LogP contribution < -0.4 is 4.72 Å². The lowest BCUT2D eigenvalue weighted by atomic mass is 10.1. The number of rotatable bonds is 3. The molecule has 0 aliphatic carbocycles. The van der Waals surface area contributed by atoms with E-state index in [-0.39, 0.29) is 4.90 Å². The van der Waals surface area contributed by atoms with E-state index in [0.717, 1.165) is 16.3 Å². The average molecular weight is 298 g/mol. The van der Waals surface area contributed by atoms with Crippen molar-refractivity contribution >= 4 is 26.5 Å². The predicted octanol–water partition coefficient (Wildman–Crippen LogP) is 3.34. The Hall–Kier alpha value is -2.40. The molecule has 1 heterocycles. The summed E-state index contributed by atoms with van der Waals surface area (Å²) in [5, 5.41) is 1.71. The van der Waals surface area contributed by atoms with Crippen molar-refractivity contribution in [2.75, 3.05) is 4.72 Å². The summed E-state index contributed by atoms with van der Waals surface area (Å²) in [6, 6.07) is 14.0. The first-order valence-corrected chi connectivity index (χ1v) is 7.97. The van der Waals surface area contributed by atoms with E-state index in [1.165, 1.54) is 0 Å². The molecular weight excluding hydrogens is 284 g/mol. The molecule has 2 aromatic carbocycles. The highest BCUT2D eigenvalue weighted by atomic mass is 32.2. The van der Waals surface area contributed by atoms with E-state index in [1.54, 1.807) is 54.9 Å². The normalized spacial score (nSPS) is 11.5. The van der Waals surface area contributed by atoms with E-state index >= 15 is 0 Å². The lowest BCUT2D eigenvalue weighted by Gasteiger charge is -2.10. The first kappa shape index (κ1) is 13.6. The minimum atomic E-state index is -3.59. The number of nitrogens with zero attached hydrogens (tertiary/aromatic N) is 1. The number of aryl methyl sites for hydroxylation is 1. The maximum Gasteiger partial charge on any atom is 0.261 e. The first-order chi connectivity index (χ1) is 10.1. The van der Waals surface area contributed by atoms with Crippen molar-refractivity contribution < 1.29 is 8.42 Å². The number of hydrogen-bond donors (Lipinski definition) is 1. The fraction of sp³-hybridized carbons (Fsp3) is 0.0625. The van der Waals surface area contributed by atoms with Gasteiger partial charge in [0.05, 0.1) is 10.6 Å². The zero-order chi connectivity index (χ0) is 14.9. The lowest BCUT2D eigenvalue weighted by molar-refractivity contribution is 0.601. The first-order valence-electron chi connectivity index (χ1n) is 6.48. The smallest absolute Gasteiger partial charge is 0.261 e. The summed E-state index contributed by atoms with van der Waals surface area (Å²) >= 11 is 0. The van der Waals surface area contributed by atoms with Crippen LogP contribution in [0.5, 0.6) is 0 Å². The van der Waals surface area contributed by atoms with Gasteiger partial charge in [-0.2, -0.15) is 0 Å². The number of fused-ring (bicyclic) bond motifs is 1. The Morgan fingerprint density at radius 3 is 2.52 bits per heavy atom. The van der Waals surface area contributed by atoms with Gasteiger partial charge in [0.15, 0.2) is 0 Å². The Morgan fingerprint density at radius 2 is 1.76 bits per heavy atom. The zero-order valence-electron chi connectivity index (χ0n) is 11.4. The summed E-state index contributed by atoms with van der Waals surface area (Å²) < 4.78 is 27.5. The summed E-state index contributed by atoms with van der Waals surface area (Å²) in [6.07, 6.45) is 3.35. The maximum absolute atomic E-state index is 12.4. The minimum absolute atomic E-state index is 0.249. The molecule has 3 aromatic rings. The van der Waals surface area contributed by atoms with Gasteiger partial charge in [-0.15, -0.1) is 0 Å². The quantitative estimate of drug-likeness (QED) is 0.806. The van der Waals surface area contributed by atoms with Crippen LogP contribution in [0.3, 0.4) is 0 Å². The molecule has 0 aliphatic heterocycles.